The summed E-state index contributed by atoms with van der Waals surface area (Å²) in [6.45, 7) is 0. The zero-order valence-electron chi connectivity index (χ0n) is 14.3. The Bertz CT molecular complexity index is 763. The van der Waals surface area contributed by atoms with Crippen LogP contribution in [0.4, 0.5) is 17.2 Å². The van der Waals surface area contributed by atoms with Crippen LogP contribution in [0.3, 0.4) is 0 Å². The van der Waals surface area contributed by atoms with E-state index in [9.17, 15) is 10.1 Å². The first-order chi connectivity index (χ1) is 12.2. The fraction of sp³-hybridized carbons (Fsp3) is 0.450. The van der Waals surface area contributed by atoms with Crippen LogP contribution in [0.15, 0.2) is 36.5 Å². The molecule has 0 radical (unpaired) electrons. The van der Waals surface area contributed by atoms with Crippen LogP contribution in [0, 0.1) is 10.1 Å². The minimum Gasteiger partial charge on any atom is -0.340 e. The summed E-state index contributed by atoms with van der Waals surface area (Å²) in [5.41, 5.74) is 3.34. The van der Waals surface area contributed by atoms with Gasteiger partial charge < -0.3 is 5.32 Å². The molecule has 2 fully saturated rings. The van der Waals surface area contributed by atoms with E-state index in [2.05, 4.69) is 34.6 Å². The van der Waals surface area contributed by atoms with Gasteiger partial charge in [0.25, 0.3) is 5.69 Å². The fourth-order valence-corrected chi connectivity index (χ4v) is 3.83. The number of aromatic nitrogens is 1. The summed E-state index contributed by atoms with van der Waals surface area (Å²) in [6.07, 6.45) is 10.1. The van der Waals surface area contributed by atoms with Crippen molar-refractivity contribution in [2.45, 2.75) is 56.8 Å². The third kappa shape index (κ3) is 3.65. The Morgan fingerprint density at radius 3 is 2.36 bits per heavy atom. The summed E-state index contributed by atoms with van der Waals surface area (Å²) in [7, 11) is 0. The summed E-state index contributed by atoms with van der Waals surface area (Å²) in [5, 5.41) is 14.4. The maximum atomic E-state index is 11.2. The average molecular weight is 337 g/mol. The van der Waals surface area contributed by atoms with E-state index in [1.165, 1.54) is 43.9 Å². The van der Waals surface area contributed by atoms with Crippen molar-refractivity contribution in [1.82, 2.24) is 4.98 Å². The second-order valence-electron chi connectivity index (χ2n) is 7.24. The first kappa shape index (κ1) is 16.1. The van der Waals surface area contributed by atoms with Gasteiger partial charge in [-0.15, -0.1) is 0 Å². The molecule has 1 aromatic carbocycles. The number of hydrogen-bond donors (Lipinski definition) is 1. The minimum atomic E-state index is -0.330. The van der Waals surface area contributed by atoms with E-state index >= 15 is 0 Å². The van der Waals surface area contributed by atoms with E-state index in [4.69, 9.17) is 0 Å². The normalized spacial score (nSPS) is 18.1. The summed E-state index contributed by atoms with van der Waals surface area (Å²) in [6, 6.07) is 10.4. The third-order valence-electron chi connectivity index (χ3n) is 5.39. The van der Waals surface area contributed by atoms with Crippen molar-refractivity contribution in [2.24, 2.45) is 0 Å². The summed E-state index contributed by atoms with van der Waals surface area (Å²) < 4.78 is 0. The lowest BCUT2D eigenvalue weighted by Gasteiger charge is -2.22. The summed E-state index contributed by atoms with van der Waals surface area (Å²) >= 11 is 0. The molecule has 0 spiro atoms. The van der Waals surface area contributed by atoms with Crippen LogP contribution >= 0.6 is 0 Å². The van der Waals surface area contributed by atoms with Crippen molar-refractivity contribution >= 4 is 17.2 Å². The molecular formula is C20H23N3O2. The molecule has 5 nitrogen and oxygen atoms in total. The minimum absolute atomic E-state index is 0.140. The molecule has 130 valence electrons. The molecule has 0 atom stereocenters. The maximum absolute atomic E-state index is 11.2. The highest BCUT2D eigenvalue weighted by atomic mass is 16.6. The van der Waals surface area contributed by atoms with Gasteiger partial charge in [-0.3, -0.25) is 10.1 Å². The van der Waals surface area contributed by atoms with Crippen molar-refractivity contribution < 1.29 is 4.92 Å². The number of benzene rings is 1. The molecule has 5 heteroatoms. The molecule has 2 saturated carbocycles. The van der Waals surface area contributed by atoms with Crippen LogP contribution < -0.4 is 5.32 Å². The molecule has 0 aliphatic heterocycles. The first-order valence-corrected chi connectivity index (χ1v) is 9.22. The van der Waals surface area contributed by atoms with Crippen LogP contribution in [0.1, 0.15) is 67.9 Å². The Morgan fingerprint density at radius 2 is 1.72 bits per heavy atom. The number of hydrogen-bond acceptors (Lipinski definition) is 4. The number of nitrogens with one attached hydrogen (secondary N) is 1. The Balaban J connectivity index is 1.50. The van der Waals surface area contributed by atoms with Crippen molar-refractivity contribution in [3.63, 3.8) is 0 Å². The van der Waals surface area contributed by atoms with Gasteiger partial charge in [-0.25, -0.2) is 4.98 Å². The average Bonchev–Trinajstić information content (AvgIpc) is 3.48. The predicted octanol–water partition coefficient (Wildman–Crippen LogP) is 5.66. The Hall–Kier alpha value is -2.43. The molecule has 0 bridgehead atoms. The quantitative estimate of drug-likeness (QED) is 0.565. The van der Waals surface area contributed by atoms with Crippen LogP contribution in [-0.2, 0) is 0 Å². The number of pyridine rings is 1. The van der Waals surface area contributed by atoms with Crippen LogP contribution in [0.2, 0.25) is 0 Å². The van der Waals surface area contributed by atoms with Crippen LogP contribution in [0.5, 0.6) is 0 Å². The largest absolute Gasteiger partial charge is 0.340 e. The molecular weight excluding hydrogens is 314 g/mol. The highest BCUT2D eigenvalue weighted by Crippen LogP contribution is 2.44. The van der Waals surface area contributed by atoms with Gasteiger partial charge >= 0.3 is 0 Å². The monoisotopic (exact) mass is 337 g/mol. The van der Waals surface area contributed by atoms with Crippen LogP contribution in [-0.4, -0.2) is 9.91 Å². The highest BCUT2D eigenvalue weighted by molar-refractivity contribution is 5.60. The lowest BCUT2D eigenvalue weighted by atomic mass is 9.84. The van der Waals surface area contributed by atoms with Gasteiger partial charge in [0.2, 0.25) is 0 Å². The predicted molar refractivity (Wildman–Crippen MR) is 98.4 cm³/mol. The third-order valence-corrected chi connectivity index (χ3v) is 5.39. The van der Waals surface area contributed by atoms with Gasteiger partial charge in [0.05, 0.1) is 4.92 Å². The van der Waals surface area contributed by atoms with E-state index in [0.717, 1.165) is 24.1 Å². The van der Waals surface area contributed by atoms with E-state index in [1.807, 2.05) is 6.07 Å². The van der Waals surface area contributed by atoms with E-state index in [1.54, 1.807) is 0 Å². The van der Waals surface area contributed by atoms with Crippen molar-refractivity contribution in [1.29, 1.82) is 0 Å². The Kier molecular flexibility index (Phi) is 4.38. The van der Waals surface area contributed by atoms with Gasteiger partial charge in [0.1, 0.15) is 12.0 Å². The molecule has 25 heavy (non-hydrogen) atoms. The van der Waals surface area contributed by atoms with Gasteiger partial charge in [-0.1, -0.05) is 31.4 Å². The number of nitro groups is 1. The Labute approximate surface area is 147 Å². The van der Waals surface area contributed by atoms with E-state index in [0.29, 0.717) is 17.7 Å². The molecule has 0 unspecified atom stereocenters. The molecule has 2 aromatic rings. The summed E-state index contributed by atoms with van der Waals surface area (Å²) in [4.78, 5) is 15.1. The smallest absolute Gasteiger partial charge is 0.291 e. The first-order valence-electron chi connectivity index (χ1n) is 9.22. The van der Waals surface area contributed by atoms with Gasteiger partial charge in [-0.2, -0.15) is 0 Å². The lowest BCUT2D eigenvalue weighted by molar-refractivity contribution is -0.385. The molecule has 4 rings (SSSR count). The molecule has 2 aliphatic carbocycles. The van der Waals surface area contributed by atoms with Gasteiger partial charge in [0.15, 0.2) is 0 Å². The molecule has 1 heterocycles. The van der Waals surface area contributed by atoms with Crippen molar-refractivity contribution in [2.75, 3.05) is 5.32 Å². The maximum Gasteiger partial charge on any atom is 0.291 e. The van der Waals surface area contributed by atoms with E-state index < -0.39 is 0 Å². The number of rotatable bonds is 5. The van der Waals surface area contributed by atoms with Crippen molar-refractivity contribution in [3.8, 4) is 0 Å². The van der Waals surface area contributed by atoms with Crippen molar-refractivity contribution in [3.05, 3.63) is 57.8 Å². The molecule has 0 saturated heterocycles. The van der Waals surface area contributed by atoms with E-state index in [-0.39, 0.29) is 10.6 Å². The van der Waals surface area contributed by atoms with Gasteiger partial charge in [-0.05, 0) is 61.3 Å². The van der Waals surface area contributed by atoms with Crippen LogP contribution in [0.25, 0.3) is 0 Å². The number of anilines is 2. The lowest BCUT2D eigenvalue weighted by Crippen LogP contribution is -2.04. The SMILES string of the molecule is O=[N+]([O-])c1cnc(Nc2ccc(C3CCCCC3)cc2)cc1C1CC1. The molecule has 1 N–H and O–H groups in total. The Morgan fingerprint density at radius 1 is 1.00 bits per heavy atom. The highest BCUT2D eigenvalue weighted by Gasteiger charge is 2.31. The summed E-state index contributed by atoms with van der Waals surface area (Å²) in [5.74, 6) is 1.69. The second-order valence-corrected chi connectivity index (χ2v) is 7.24. The molecule has 1 aromatic heterocycles. The molecule has 0 amide bonds. The zero-order valence-corrected chi connectivity index (χ0v) is 14.3. The molecule has 2 aliphatic rings. The topological polar surface area (TPSA) is 68.1 Å². The zero-order chi connectivity index (χ0) is 17.2. The number of nitrogens with zero attached hydrogens (tertiary/aromatic N) is 2. The standard InChI is InChI=1S/C20H23N3O2/c24-23(25)19-13-21-20(12-18(19)16-6-7-16)22-17-10-8-15(9-11-17)14-4-2-1-3-5-14/h8-14,16H,1-7H2,(H,21,22). The van der Waals surface area contributed by atoms with Gasteiger partial charge in [0, 0.05) is 11.3 Å². The fourth-order valence-electron chi connectivity index (χ4n) is 3.83. The second kappa shape index (κ2) is 6.82.